The molecule has 0 spiro atoms. The summed E-state index contributed by atoms with van der Waals surface area (Å²) in [4.78, 5) is 6.43. The van der Waals surface area contributed by atoms with Crippen LogP contribution in [0.15, 0.2) is 36.7 Å². The van der Waals surface area contributed by atoms with Gasteiger partial charge >= 0.3 is 0 Å². The van der Waals surface area contributed by atoms with E-state index in [4.69, 9.17) is 0 Å². The molecule has 4 heteroatoms. The Kier molecular flexibility index (Phi) is 3.87. The van der Waals surface area contributed by atoms with Crippen molar-refractivity contribution in [3.05, 3.63) is 42.5 Å². The van der Waals surface area contributed by atoms with Crippen LogP contribution in [0.25, 0.3) is 0 Å². The standard InChI is InChI=1S/C14H20N4/c1-17(2)13-7-5-4-6-12(13)15-9-8-14-16-10-11-18(14)3/h4-7,10-11,15H,8-9H2,1-3H3. The molecule has 1 heterocycles. The highest BCUT2D eigenvalue weighted by molar-refractivity contribution is 5.69. The van der Waals surface area contributed by atoms with Crippen molar-refractivity contribution in [1.82, 2.24) is 9.55 Å². The fourth-order valence-corrected chi connectivity index (χ4v) is 1.96. The van der Waals surface area contributed by atoms with Crippen LogP contribution in [0.4, 0.5) is 11.4 Å². The normalized spacial score (nSPS) is 10.4. The molecule has 0 saturated heterocycles. The van der Waals surface area contributed by atoms with E-state index >= 15 is 0 Å². The summed E-state index contributed by atoms with van der Waals surface area (Å²) in [7, 11) is 6.13. The van der Waals surface area contributed by atoms with Crippen LogP contribution in [0, 0.1) is 0 Å². The minimum atomic E-state index is 0.885. The molecule has 0 bridgehead atoms. The smallest absolute Gasteiger partial charge is 0.110 e. The highest BCUT2D eigenvalue weighted by atomic mass is 15.1. The van der Waals surface area contributed by atoms with Crippen LogP contribution in [-0.4, -0.2) is 30.2 Å². The van der Waals surface area contributed by atoms with E-state index in [0.29, 0.717) is 0 Å². The van der Waals surface area contributed by atoms with Crippen molar-refractivity contribution in [3.8, 4) is 0 Å². The van der Waals surface area contributed by atoms with Gasteiger partial charge in [0.1, 0.15) is 5.82 Å². The second-order valence-electron chi connectivity index (χ2n) is 4.54. The largest absolute Gasteiger partial charge is 0.383 e. The maximum absolute atomic E-state index is 4.32. The first-order valence-electron chi connectivity index (χ1n) is 6.15. The molecular formula is C14H20N4. The van der Waals surface area contributed by atoms with Crippen molar-refractivity contribution < 1.29 is 0 Å². The van der Waals surface area contributed by atoms with E-state index in [0.717, 1.165) is 24.5 Å². The van der Waals surface area contributed by atoms with Crippen molar-refractivity contribution in [1.29, 1.82) is 0 Å². The number of imidazole rings is 1. The van der Waals surface area contributed by atoms with Gasteiger partial charge in [0, 0.05) is 46.5 Å². The topological polar surface area (TPSA) is 33.1 Å². The lowest BCUT2D eigenvalue weighted by Gasteiger charge is -2.18. The average Bonchev–Trinajstić information content (AvgIpc) is 2.76. The average molecular weight is 244 g/mol. The van der Waals surface area contributed by atoms with Gasteiger partial charge in [0.05, 0.1) is 11.4 Å². The summed E-state index contributed by atoms with van der Waals surface area (Å²) in [5.74, 6) is 1.10. The molecule has 4 nitrogen and oxygen atoms in total. The fraction of sp³-hybridized carbons (Fsp3) is 0.357. The maximum atomic E-state index is 4.32. The third-order valence-corrected chi connectivity index (χ3v) is 2.97. The summed E-state index contributed by atoms with van der Waals surface area (Å²) in [6.45, 7) is 0.885. The lowest BCUT2D eigenvalue weighted by Crippen LogP contribution is -2.14. The summed E-state index contributed by atoms with van der Waals surface area (Å²) in [6.07, 6.45) is 4.73. The van der Waals surface area contributed by atoms with Gasteiger partial charge in [0.2, 0.25) is 0 Å². The predicted molar refractivity (Wildman–Crippen MR) is 76.2 cm³/mol. The molecule has 2 rings (SSSR count). The van der Waals surface area contributed by atoms with Gasteiger partial charge in [0.25, 0.3) is 0 Å². The third-order valence-electron chi connectivity index (χ3n) is 2.97. The minimum Gasteiger partial charge on any atom is -0.383 e. The zero-order valence-electron chi connectivity index (χ0n) is 11.2. The van der Waals surface area contributed by atoms with Gasteiger partial charge in [-0.25, -0.2) is 4.98 Å². The molecule has 0 amide bonds. The van der Waals surface area contributed by atoms with Crippen LogP contribution < -0.4 is 10.2 Å². The second-order valence-corrected chi connectivity index (χ2v) is 4.54. The molecule has 2 aromatic rings. The zero-order chi connectivity index (χ0) is 13.0. The Morgan fingerprint density at radius 2 is 2.06 bits per heavy atom. The highest BCUT2D eigenvalue weighted by Crippen LogP contribution is 2.23. The van der Waals surface area contributed by atoms with Gasteiger partial charge in [-0.15, -0.1) is 0 Å². The number of nitrogens with one attached hydrogen (secondary N) is 1. The quantitative estimate of drug-likeness (QED) is 0.874. The molecule has 0 unspecified atom stereocenters. The first-order valence-corrected chi connectivity index (χ1v) is 6.15. The van der Waals surface area contributed by atoms with Gasteiger partial charge in [-0.2, -0.15) is 0 Å². The molecule has 0 aliphatic carbocycles. The summed E-state index contributed by atoms with van der Waals surface area (Å²) in [5.41, 5.74) is 2.37. The number of aromatic nitrogens is 2. The molecule has 0 aliphatic heterocycles. The maximum Gasteiger partial charge on any atom is 0.110 e. The van der Waals surface area contributed by atoms with Crippen molar-refractivity contribution in [2.45, 2.75) is 6.42 Å². The molecule has 1 aromatic heterocycles. The Morgan fingerprint density at radius 1 is 1.28 bits per heavy atom. The number of rotatable bonds is 5. The minimum absolute atomic E-state index is 0.885. The number of aryl methyl sites for hydroxylation is 1. The molecule has 1 aromatic carbocycles. The third kappa shape index (κ3) is 2.83. The molecule has 96 valence electrons. The predicted octanol–water partition coefficient (Wildman–Crippen LogP) is 2.14. The summed E-state index contributed by atoms with van der Waals surface area (Å²) in [6, 6.07) is 8.33. The van der Waals surface area contributed by atoms with Crippen molar-refractivity contribution in [2.75, 3.05) is 30.9 Å². The first-order chi connectivity index (χ1) is 8.68. The first kappa shape index (κ1) is 12.5. The van der Waals surface area contributed by atoms with Gasteiger partial charge in [-0.05, 0) is 12.1 Å². The van der Waals surface area contributed by atoms with E-state index in [1.54, 1.807) is 0 Å². The number of para-hydroxylation sites is 2. The molecular weight excluding hydrogens is 224 g/mol. The second kappa shape index (κ2) is 5.58. The Labute approximate surface area is 108 Å². The van der Waals surface area contributed by atoms with Crippen LogP contribution >= 0.6 is 0 Å². The Bertz CT molecular complexity index is 502. The van der Waals surface area contributed by atoms with Crippen molar-refractivity contribution >= 4 is 11.4 Å². The molecule has 0 atom stereocenters. The number of hydrogen-bond acceptors (Lipinski definition) is 3. The number of hydrogen-bond donors (Lipinski definition) is 1. The van der Waals surface area contributed by atoms with E-state index in [-0.39, 0.29) is 0 Å². The summed E-state index contributed by atoms with van der Waals surface area (Å²) >= 11 is 0. The van der Waals surface area contributed by atoms with E-state index < -0.39 is 0 Å². The molecule has 0 aliphatic rings. The monoisotopic (exact) mass is 244 g/mol. The molecule has 0 saturated carbocycles. The molecule has 18 heavy (non-hydrogen) atoms. The summed E-state index contributed by atoms with van der Waals surface area (Å²) in [5, 5.41) is 3.47. The Hall–Kier alpha value is -1.97. The number of benzene rings is 1. The van der Waals surface area contributed by atoms with Crippen LogP contribution in [0.5, 0.6) is 0 Å². The zero-order valence-corrected chi connectivity index (χ0v) is 11.2. The van der Waals surface area contributed by atoms with Crippen LogP contribution in [-0.2, 0) is 13.5 Å². The highest BCUT2D eigenvalue weighted by Gasteiger charge is 2.03. The van der Waals surface area contributed by atoms with E-state index in [2.05, 4.69) is 58.1 Å². The van der Waals surface area contributed by atoms with Crippen LogP contribution in [0.1, 0.15) is 5.82 Å². The van der Waals surface area contributed by atoms with E-state index in [1.165, 1.54) is 5.69 Å². The van der Waals surface area contributed by atoms with Gasteiger partial charge in [0.15, 0.2) is 0 Å². The van der Waals surface area contributed by atoms with Crippen LogP contribution in [0.2, 0.25) is 0 Å². The van der Waals surface area contributed by atoms with Gasteiger partial charge in [-0.1, -0.05) is 12.1 Å². The molecule has 0 fully saturated rings. The van der Waals surface area contributed by atoms with Crippen molar-refractivity contribution in [3.63, 3.8) is 0 Å². The number of nitrogens with zero attached hydrogens (tertiary/aromatic N) is 3. The van der Waals surface area contributed by atoms with E-state index in [9.17, 15) is 0 Å². The number of anilines is 2. The van der Waals surface area contributed by atoms with Crippen molar-refractivity contribution in [2.24, 2.45) is 7.05 Å². The summed E-state index contributed by atoms with van der Waals surface area (Å²) < 4.78 is 2.06. The van der Waals surface area contributed by atoms with Gasteiger partial charge < -0.3 is 14.8 Å². The SMILES string of the molecule is CN(C)c1ccccc1NCCc1nccn1C. The lowest BCUT2D eigenvalue weighted by molar-refractivity contribution is 0.789. The molecule has 0 radical (unpaired) electrons. The van der Waals surface area contributed by atoms with Gasteiger partial charge in [-0.3, -0.25) is 0 Å². The Balaban J connectivity index is 1.96. The molecule has 1 N–H and O–H groups in total. The fourth-order valence-electron chi connectivity index (χ4n) is 1.96. The van der Waals surface area contributed by atoms with Crippen LogP contribution in [0.3, 0.4) is 0 Å². The Morgan fingerprint density at radius 3 is 2.72 bits per heavy atom. The van der Waals surface area contributed by atoms with E-state index in [1.807, 2.05) is 19.4 Å². The lowest BCUT2D eigenvalue weighted by atomic mass is 10.2.